The molecule has 1 aliphatic heterocycles. The molecule has 2 N–H and O–H groups in total. The van der Waals surface area contributed by atoms with Gasteiger partial charge in [-0.2, -0.15) is 11.8 Å². The molecule has 3 aromatic rings. The molecule has 1 saturated heterocycles. The molecule has 1 aliphatic rings. The molecule has 0 radical (unpaired) electrons. The van der Waals surface area contributed by atoms with Crippen LogP contribution >= 0.6 is 35.0 Å². The van der Waals surface area contributed by atoms with Crippen molar-refractivity contribution in [2.75, 3.05) is 16.8 Å². The SMILES string of the molecule is Cc1cc(Cl)cc(C(=O)NC(C)C)c1NC(=O)c1cc(OC2CSC2)nn1-c1ncccc1Cl. The average molecular weight is 520 g/mol. The van der Waals surface area contributed by atoms with Crippen molar-refractivity contribution in [2.45, 2.75) is 32.9 Å². The molecule has 3 heterocycles. The Kier molecular flexibility index (Phi) is 7.35. The fraction of sp³-hybridized carbons (Fsp3) is 0.304. The maximum absolute atomic E-state index is 13.5. The Morgan fingerprint density at radius 1 is 1.21 bits per heavy atom. The van der Waals surface area contributed by atoms with Gasteiger partial charge in [-0.1, -0.05) is 23.2 Å². The van der Waals surface area contributed by atoms with E-state index in [0.717, 1.165) is 11.5 Å². The maximum atomic E-state index is 13.5. The number of carbonyl (C=O) groups excluding carboxylic acids is 2. The third-order valence-corrected chi connectivity index (χ3v) is 6.69. The summed E-state index contributed by atoms with van der Waals surface area (Å²) in [6.07, 6.45) is 1.60. The molecule has 0 bridgehead atoms. The Balaban J connectivity index is 1.72. The van der Waals surface area contributed by atoms with Crippen molar-refractivity contribution in [3.8, 4) is 11.7 Å². The summed E-state index contributed by atoms with van der Waals surface area (Å²) >= 11 is 14.3. The zero-order valence-corrected chi connectivity index (χ0v) is 21.1. The van der Waals surface area contributed by atoms with Crippen molar-refractivity contribution in [3.63, 3.8) is 0 Å². The van der Waals surface area contributed by atoms with E-state index in [1.54, 1.807) is 49.1 Å². The minimum Gasteiger partial charge on any atom is -0.472 e. The molecule has 0 aliphatic carbocycles. The lowest BCUT2D eigenvalue weighted by Crippen LogP contribution is -2.31. The first-order valence-electron chi connectivity index (χ1n) is 10.6. The lowest BCUT2D eigenvalue weighted by molar-refractivity contribution is 0.0944. The standard InChI is InChI=1S/C23H23Cl2N5O3S/c1-12(2)27-22(31)16-8-14(24)7-13(3)20(16)28-23(32)18-9-19(33-15-10-34-11-15)29-30(18)21-17(25)5-4-6-26-21/h4-9,12,15H,10-11H2,1-3H3,(H,27,31)(H,28,32). The van der Waals surface area contributed by atoms with Crippen LogP contribution in [0.2, 0.25) is 10.0 Å². The number of pyridine rings is 1. The molecule has 8 nitrogen and oxygen atoms in total. The Bertz CT molecular complexity index is 1240. The first-order chi connectivity index (χ1) is 16.2. The van der Waals surface area contributed by atoms with Crippen LogP contribution in [0.3, 0.4) is 0 Å². The second-order valence-corrected chi connectivity index (χ2v) is 10.0. The first-order valence-corrected chi connectivity index (χ1v) is 12.5. The fourth-order valence-corrected chi connectivity index (χ4v) is 4.37. The monoisotopic (exact) mass is 519 g/mol. The predicted molar refractivity (Wildman–Crippen MR) is 135 cm³/mol. The topological polar surface area (TPSA) is 98.1 Å². The van der Waals surface area contributed by atoms with Crippen molar-refractivity contribution >= 4 is 52.5 Å². The van der Waals surface area contributed by atoms with Crippen LogP contribution in [0, 0.1) is 6.92 Å². The number of nitrogens with one attached hydrogen (secondary N) is 2. The molecule has 1 fully saturated rings. The first kappa shape index (κ1) is 24.4. The summed E-state index contributed by atoms with van der Waals surface area (Å²) in [5, 5.41) is 10.8. The molecule has 2 aromatic heterocycles. The molecule has 178 valence electrons. The number of hydrogen-bond acceptors (Lipinski definition) is 6. The lowest BCUT2D eigenvalue weighted by atomic mass is 10.1. The van der Waals surface area contributed by atoms with Crippen molar-refractivity contribution < 1.29 is 14.3 Å². The smallest absolute Gasteiger partial charge is 0.274 e. The highest BCUT2D eigenvalue weighted by Crippen LogP contribution is 2.29. The number of carbonyl (C=O) groups is 2. The van der Waals surface area contributed by atoms with Crippen molar-refractivity contribution in [2.24, 2.45) is 0 Å². The second kappa shape index (κ2) is 10.2. The average Bonchev–Trinajstić information content (AvgIpc) is 3.16. The maximum Gasteiger partial charge on any atom is 0.274 e. The van der Waals surface area contributed by atoms with Gasteiger partial charge in [0.25, 0.3) is 11.8 Å². The minimum atomic E-state index is -0.504. The summed E-state index contributed by atoms with van der Waals surface area (Å²) in [6.45, 7) is 5.47. The summed E-state index contributed by atoms with van der Waals surface area (Å²) in [6, 6.07) is 8.01. The van der Waals surface area contributed by atoms with E-state index in [4.69, 9.17) is 27.9 Å². The van der Waals surface area contributed by atoms with Crippen molar-refractivity contribution in [1.29, 1.82) is 0 Å². The highest BCUT2D eigenvalue weighted by atomic mass is 35.5. The van der Waals surface area contributed by atoms with Crippen LogP contribution in [0.25, 0.3) is 5.82 Å². The Morgan fingerprint density at radius 2 is 1.97 bits per heavy atom. The molecule has 0 spiro atoms. The number of thioether (sulfide) groups is 1. The van der Waals surface area contributed by atoms with Crippen LogP contribution < -0.4 is 15.4 Å². The number of benzene rings is 1. The minimum absolute atomic E-state index is 0.0355. The van der Waals surface area contributed by atoms with Crippen molar-refractivity contribution in [1.82, 2.24) is 20.1 Å². The summed E-state index contributed by atoms with van der Waals surface area (Å²) in [5.74, 6) is 1.45. The molecule has 4 rings (SSSR count). The molecular weight excluding hydrogens is 497 g/mol. The van der Waals surface area contributed by atoms with Crippen LogP contribution in [0.15, 0.2) is 36.5 Å². The van der Waals surface area contributed by atoms with Gasteiger partial charge < -0.3 is 15.4 Å². The normalized spacial score (nSPS) is 13.5. The van der Waals surface area contributed by atoms with Gasteiger partial charge in [-0.25, -0.2) is 9.67 Å². The van der Waals surface area contributed by atoms with Gasteiger partial charge >= 0.3 is 0 Å². The summed E-state index contributed by atoms with van der Waals surface area (Å²) in [4.78, 5) is 30.6. The van der Waals surface area contributed by atoms with Crippen LogP contribution in [-0.2, 0) is 0 Å². The summed E-state index contributed by atoms with van der Waals surface area (Å²) < 4.78 is 7.24. The van der Waals surface area contributed by atoms with E-state index in [-0.39, 0.29) is 35.1 Å². The van der Waals surface area contributed by atoms with Crippen LogP contribution in [0.5, 0.6) is 5.88 Å². The van der Waals surface area contributed by atoms with E-state index in [1.165, 1.54) is 10.7 Å². The number of anilines is 1. The number of hydrogen-bond donors (Lipinski definition) is 2. The third kappa shape index (κ3) is 5.32. The number of amides is 2. The van der Waals surface area contributed by atoms with E-state index in [9.17, 15) is 9.59 Å². The zero-order valence-electron chi connectivity index (χ0n) is 18.8. The molecule has 0 atom stereocenters. The molecule has 0 unspecified atom stereocenters. The molecular formula is C23H23Cl2N5O3S. The molecule has 1 aromatic carbocycles. The number of halogens is 2. The van der Waals surface area contributed by atoms with Gasteiger partial charge in [0, 0.05) is 34.8 Å². The lowest BCUT2D eigenvalue weighted by Gasteiger charge is -2.24. The van der Waals surface area contributed by atoms with Crippen LogP contribution in [0.4, 0.5) is 5.69 Å². The molecule has 34 heavy (non-hydrogen) atoms. The van der Waals surface area contributed by atoms with E-state index < -0.39 is 5.91 Å². The molecule has 0 saturated carbocycles. The van der Waals surface area contributed by atoms with Gasteiger partial charge in [-0.3, -0.25) is 9.59 Å². The van der Waals surface area contributed by atoms with E-state index in [0.29, 0.717) is 27.2 Å². The van der Waals surface area contributed by atoms with Gasteiger partial charge in [-0.05, 0) is 50.6 Å². The Hall–Kier alpha value is -2.75. The Labute approximate surface area is 211 Å². The molecule has 11 heteroatoms. The highest BCUT2D eigenvalue weighted by Gasteiger charge is 2.26. The van der Waals surface area contributed by atoms with Gasteiger partial charge in [0.05, 0.1) is 16.3 Å². The van der Waals surface area contributed by atoms with E-state index >= 15 is 0 Å². The summed E-state index contributed by atoms with van der Waals surface area (Å²) in [5.41, 5.74) is 1.41. The third-order valence-electron chi connectivity index (χ3n) is 4.96. The van der Waals surface area contributed by atoms with Crippen LogP contribution in [-0.4, -0.2) is 50.2 Å². The van der Waals surface area contributed by atoms with Gasteiger partial charge in [0.2, 0.25) is 5.88 Å². The van der Waals surface area contributed by atoms with Crippen LogP contribution in [0.1, 0.15) is 40.3 Å². The number of aryl methyl sites for hydroxylation is 1. The summed E-state index contributed by atoms with van der Waals surface area (Å²) in [7, 11) is 0. The predicted octanol–water partition coefficient (Wildman–Crippen LogP) is 4.77. The second-order valence-electron chi connectivity index (χ2n) is 8.09. The quantitative estimate of drug-likeness (QED) is 0.466. The largest absolute Gasteiger partial charge is 0.472 e. The number of rotatable bonds is 7. The highest BCUT2D eigenvalue weighted by molar-refractivity contribution is 8.00. The van der Waals surface area contributed by atoms with E-state index in [1.807, 2.05) is 13.8 Å². The molecule has 2 amide bonds. The van der Waals surface area contributed by atoms with Gasteiger partial charge in [0.1, 0.15) is 11.8 Å². The zero-order chi connectivity index (χ0) is 24.4. The Morgan fingerprint density at radius 3 is 2.62 bits per heavy atom. The number of aromatic nitrogens is 3. The van der Waals surface area contributed by atoms with Gasteiger partial charge in [0.15, 0.2) is 5.82 Å². The van der Waals surface area contributed by atoms with Gasteiger partial charge in [-0.15, -0.1) is 5.10 Å². The number of ether oxygens (including phenoxy) is 1. The number of nitrogens with zero attached hydrogens (tertiary/aromatic N) is 3. The fourth-order valence-electron chi connectivity index (χ4n) is 3.33. The van der Waals surface area contributed by atoms with E-state index in [2.05, 4.69) is 20.7 Å². The van der Waals surface area contributed by atoms with Crippen molar-refractivity contribution in [3.05, 3.63) is 63.4 Å².